The lowest BCUT2D eigenvalue weighted by Crippen LogP contribution is -2.08. The van der Waals surface area contributed by atoms with Crippen LogP contribution in [0.2, 0.25) is 5.02 Å². The normalized spacial score (nSPS) is 11.0. The fraction of sp³-hybridized carbons (Fsp3) is 0.300. The van der Waals surface area contributed by atoms with Crippen LogP contribution < -0.4 is 5.73 Å². The summed E-state index contributed by atoms with van der Waals surface area (Å²) < 4.78 is 23.7. The van der Waals surface area contributed by atoms with Crippen molar-refractivity contribution in [3.63, 3.8) is 0 Å². The predicted molar refractivity (Wildman–Crippen MR) is 62.8 cm³/mol. The molecule has 86 valence electrons. The quantitative estimate of drug-likeness (QED) is 0.661. The van der Waals surface area contributed by atoms with Crippen LogP contribution in [0.4, 0.5) is 5.69 Å². The number of nitrogens with two attached hydrogens (primary N) is 1. The first-order valence-electron chi connectivity index (χ1n) is 4.62. The van der Waals surface area contributed by atoms with E-state index in [-0.39, 0.29) is 22.1 Å². The number of unbranched alkanes of at least 4 members (excludes halogenated alkanes) is 1. The molecule has 0 amide bonds. The first-order valence-corrected chi connectivity index (χ1v) is 6.65. The van der Waals surface area contributed by atoms with Crippen molar-refractivity contribution in [1.29, 1.82) is 5.26 Å². The van der Waals surface area contributed by atoms with Crippen molar-refractivity contribution in [3.8, 4) is 6.07 Å². The molecule has 0 saturated carbocycles. The molecular formula is C10H11ClN2O2S. The molecule has 16 heavy (non-hydrogen) atoms. The van der Waals surface area contributed by atoms with Gasteiger partial charge in [0.25, 0.3) is 0 Å². The van der Waals surface area contributed by atoms with E-state index < -0.39 is 9.84 Å². The third-order valence-corrected chi connectivity index (χ3v) is 4.27. The van der Waals surface area contributed by atoms with E-state index in [0.717, 1.165) is 0 Å². The molecule has 1 aromatic carbocycles. The maximum Gasteiger partial charge on any atom is 0.179 e. The Kier molecular flexibility index (Phi) is 4.16. The summed E-state index contributed by atoms with van der Waals surface area (Å²) in [7, 11) is -3.45. The molecule has 0 fully saturated rings. The number of hydrogen-bond donors (Lipinski definition) is 1. The van der Waals surface area contributed by atoms with E-state index in [1.165, 1.54) is 18.2 Å². The van der Waals surface area contributed by atoms with Crippen LogP contribution in [0, 0.1) is 11.3 Å². The van der Waals surface area contributed by atoms with Gasteiger partial charge in [-0.05, 0) is 24.6 Å². The Morgan fingerprint density at radius 1 is 1.44 bits per heavy atom. The van der Waals surface area contributed by atoms with Gasteiger partial charge in [0.05, 0.1) is 21.7 Å². The van der Waals surface area contributed by atoms with Crippen LogP contribution in [-0.4, -0.2) is 14.2 Å². The first-order chi connectivity index (χ1) is 7.47. The molecule has 6 heteroatoms. The fourth-order valence-corrected chi connectivity index (χ4v) is 3.10. The van der Waals surface area contributed by atoms with Crippen molar-refractivity contribution in [3.05, 3.63) is 23.2 Å². The lowest BCUT2D eigenvalue weighted by molar-refractivity contribution is 0.594. The van der Waals surface area contributed by atoms with Gasteiger partial charge in [0.15, 0.2) is 9.84 Å². The van der Waals surface area contributed by atoms with Crippen molar-refractivity contribution >= 4 is 27.1 Å². The third-order valence-electron chi connectivity index (χ3n) is 1.99. The van der Waals surface area contributed by atoms with Crippen LogP contribution in [0.3, 0.4) is 0 Å². The summed E-state index contributed by atoms with van der Waals surface area (Å²) >= 11 is 5.79. The molecule has 0 spiro atoms. The monoisotopic (exact) mass is 258 g/mol. The van der Waals surface area contributed by atoms with Crippen molar-refractivity contribution in [2.45, 2.75) is 17.7 Å². The molecule has 0 heterocycles. The van der Waals surface area contributed by atoms with Gasteiger partial charge in [-0.15, -0.1) is 0 Å². The molecule has 0 atom stereocenters. The highest BCUT2D eigenvalue weighted by atomic mass is 35.5. The Bertz CT molecular complexity index is 520. The summed E-state index contributed by atoms with van der Waals surface area (Å²) in [5, 5.41) is 8.50. The fourth-order valence-electron chi connectivity index (χ4n) is 1.21. The minimum Gasteiger partial charge on any atom is -0.399 e. The highest BCUT2D eigenvalue weighted by Gasteiger charge is 2.17. The third kappa shape index (κ3) is 3.12. The Morgan fingerprint density at radius 3 is 2.75 bits per heavy atom. The summed E-state index contributed by atoms with van der Waals surface area (Å²) in [5.74, 6) is -0.0935. The number of nitriles is 1. The second-order valence-electron chi connectivity index (χ2n) is 3.27. The van der Waals surface area contributed by atoms with Crippen LogP contribution >= 0.6 is 11.6 Å². The average molecular weight is 259 g/mol. The zero-order valence-corrected chi connectivity index (χ0v) is 10.1. The molecule has 4 nitrogen and oxygen atoms in total. The molecule has 2 N–H and O–H groups in total. The van der Waals surface area contributed by atoms with E-state index in [4.69, 9.17) is 22.6 Å². The molecule has 0 aromatic heterocycles. The molecule has 1 aromatic rings. The summed E-state index contributed by atoms with van der Waals surface area (Å²) in [4.78, 5) is 0.0344. The van der Waals surface area contributed by atoms with Crippen molar-refractivity contribution in [2.75, 3.05) is 11.5 Å². The largest absolute Gasteiger partial charge is 0.399 e. The minimum absolute atomic E-state index is 0.0344. The highest BCUT2D eigenvalue weighted by molar-refractivity contribution is 7.91. The number of halogens is 1. The van der Waals surface area contributed by atoms with Gasteiger partial charge >= 0.3 is 0 Å². The molecule has 0 aliphatic carbocycles. The van der Waals surface area contributed by atoms with Gasteiger partial charge in [-0.1, -0.05) is 11.6 Å². The van der Waals surface area contributed by atoms with Crippen molar-refractivity contribution in [2.24, 2.45) is 0 Å². The van der Waals surface area contributed by atoms with Crippen LogP contribution in [0.25, 0.3) is 0 Å². The van der Waals surface area contributed by atoms with Crippen LogP contribution in [-0.2, 0) is 9.84 Å². The highest BCUT2D eigenvalue weighted by Crippen LogP contribution is 2.25. The average Bonchev–Trinajstić information content (AvgIpc) is 2.22. The van der Waals surface area contributed by atoms with Gasteiger partial charge in [-0.2, -0.15) is 5.26 Å². The molecular weight excluding hydrogens is 248 g/mol. The zero-order chi connectivity index (χ0) is 12.2. The van der Waals surface area contributed by atoms with Gasteiger partial charge in [0.2, 0.25) is 0 Å². The SMILES string of the molecule is N#CCCCS(=O)(=O)c1cc(N)ccc1Cl. The lowest BCUT2D eigenvalue weighted by atomic mass is 10.3. The molecule has 0 unspecified atom stereocenters. The number of nitrogens with zero attached hydrogens (tertiary/aromatic N) is 1. The second-order valence-corrected chi connectivity index (χ2v) is 5.76. The Balaban J connectivity index is 2.99. The number of rotatable bonds is 4. The van der Waals surface area contributed by atoms with E-state index in [9.17, 15) is 8.42 Å². The van der Waals surface area contributed by atoms with E-state index in [1.807, 2.05) is 6.07 Å². The van der Waals surface area contributed by atoms with Gasteiger partial charge in [0.1, 0.15) is 0 Å². The molecule has 0 aliphatic rings. The molecule has 1 rings (SSSR count). The molecule has 0 saturated heterocycles. The molecule has 0 aliphatic heterocycles. The van der Waals surface area contributed by atoms with Gasteiger partial charge in [-0.3, -0.25) is 0 Å². The Hall–Kier alpha value is -1.25. The van der Waals surface area contributed by atoms with E-state index in [2.05, 4.69) is 0 Å². The topological polar surface area (TPSA) is 84.0 Å². The van der Waals surface area contributed by atoms with Crippen LogP contribution in [0.15, 0.2) is 23.1 Å². The van der Waals surface area contributed by atoms with E-state index in [0.29, 0.717) is 12.1 Å². The standard InChI is InChI=1S/C10H11ClN2O2S/c11-9-4-3-8(13)7-10(9)16(14,15)6-2-1-5-12/h3-4,7H,1-2,6,13H2. The van der Waals surface area contributed by atoms with E-state index >= 15 is 0 Å². The van der Waals surface area contributed by atoms with Crippen LogP contribution in [0.5, 0.6) is 0 Å². The van der Waals surface area contributed by atoms with Crippen molar-refractivity contribution in [1.82, 2.24) is 0 Å². The maximum atomic E-state index is 11.8. The van der Waals surface area contributed by atoms with E-state index in [1.54, 1.807) is 0 Å². The summed E-state index contributed by atoms with van der Waals surface area (Å²) in [6.45, 7) is 0. The minimum atomic E-state index is -3.45. The Labute approximate surface area is 99.6 Å². The maximum absolute atomic E-state index is 11.8. The lowest BCUT2D eigenvalue weighted by Gasteiger charge is -2.06. The van der Waals surface area contributed by atoms with Crippen molar-refractivity contribution < 1.29 is 8.42 Å². The molecule has 0 radical (unpaired) electrons. The number of hydrogen-bond acceptors (Lipinski definition) is 4. The summed E-state index contributed by atoms with van der Waals surface area (Å²) in [6, 6.07) is 6.22. The predicted octanol–water partition coefficient (Wildman–Crippen LogP) is 2.00. The number of sulfone groups is 1. The summed E-state index contributed by atoms with van der Waals surface area (Å²) in [5.41, 5.74) is 5.85. The zero-order valence-electron chi connectivity index (χ0n) is 8.48. The number of anilines is 1. The first kappa shape index (κ1) is 12.8. The van der Waals surface area contributed by atoms with Gasteiger partial charge < -0.3 is 5.73 Å². The van der Waals surface area contributed by atoms with Crippen LogP contribution in [0.1, 0.15) is 12.8 Å². The number of nitrogen functional groups attached to an aromatic ring is 1. The van der Waals surface area contributed by atoms with Gasteiger partial charge in [-0.25, -0.2) is 8.42 Å². The smallest absolute Gasteiger partial charge is 0.179 e. The Morgan fingerprint density at radius 2 is 2.12 bits per heavy atom. The second kappa shape index (κ2) is 5.19. The van der Waals surface area contributed by atoms with Gasteiger partial charge in [0, 0.05) is 12.1 Å². The summed E-state index contributed by atoms with van der Waals surface area (Å²) in [6.07, 6.45) is 0.503. The molecule has 0 bridgehead atoms. The number of benzene rings is 1.